The van der Waals surface area contributed by atoms with Crippen molar-refractivity contribution in [2.75, 3.05) is 20.6 Å². The molecule has 1 saturated carbocycles. The van der Waals surface area contributed by atoms with Crippen LogP contribution in [0.25, 0.3) is 0 Å². The van der Waals surface area contributed by atoms with Crippen LogP contribution in [0.15, 0.2) is 24.3 Å². The van der Waals surface area contributed by atoms with Crippen LogP contribution in [0.3, 0.4) is 0 Å². The van der Waals surface area contributed by atoms with Gasteiger partial charge in [0.15, 0.2) is 0 Å². The first-order valence-electron chi connectivity index (χ1n) is 7.25. The van der Waals surface area contributed by atoms with Gasteiger partial charge in [-0.15, -0.1) is 12.4 Å². The lowest BCUT2D eigenvalue weighted by atomic mass is 9.80. The average Bonchev–Trinajstić information content (AvgIpc) is 2.45. The van der Waals surface area contributed by atoms with Gasteiger partial charge in [-0.25, -0.2) is 0 Å². The standard InChI is InChI=1S/C16H23ClN2O.ClH/c1-19(2)16(9-4-3-5-10-16)12-18-15(20)13-7-6-8-14(17)11-13;/h6-8,11H,3-5,9-10,12H2,1-2H3,(H,18,20);1H. The van der Waals surface area contributed by atoms with Gasteiger partial charge in [0.05, 0.1) is 0 Å². The third-order valence-electron chi connectivity index (χ3n) is 4.40. The topological polar surface area (TPSA) is 32.3 Å². The summed E-state index contributed by atoms with van der Waals surface area (Å²) in [6.07, 6.45) is 6.08. The van der Waals surface area contributed by atoms with Gasteiger partial charge in [0.2, 0.25) is 0 Å². The molecule has 0 bridgehead atoms. The first-order valence-corrected chi connectivity index (χ1v) is 7.62. The molecule has 0 saturated heterocycles. The Morgan fingerprint density at radius 1 is 1.29 bits per heavy atom. The molecule has 1 fully saturated rings. The summed E-state index contributed by atoms with van der Waals surface area (Å²) >= 11 is 5.93. The largest absolute Gasteiger partial charge is 0.350 e. The van der Waals surface area contributed by atoms with Crippen molar-refractivity contribution in [1.82, 2.24) is 10.2 Å². The smallest absolute Gasteiger partial charge is 0.251 e. The summed E-state index contributed by atoms with van der Waals surface area (Å²) in [6, 6.07) is 7.09. The highest BCUT2D eigenvalue weighted by Gasteiger charge is 2.34. The van der Waals surface area contributed by atoms with Crippen LogP contribution in [0.1, 0.15) is 42.5 Å². The van der Waals surface area contributed by atoms with Crippen LogP contribution in [0.2, 0.25) is 5.02 Å². The second-order valence-corrected chi connectivity index (χ2v) is 6.31. The van der Waals surface area contributed by atoms with Crippen molar-refractivity contribution in [1.29, 1.82) is 0 Å². The zero-order valence-corrected chi connectivity index (χ0v) is 14.3. The molecule has 0 unspecified atom stereocenters. The van der Waals surface area contributed by atoms with E-state index in [0.29, 0.717) is 17.1 Å². The van der Waals surface area contributed by atoms with E-state index in [9.17, 15) is 4.79 Å². The Kier molecular flexibility index (Phi) is 6.98. The van der Waals surface area contributed by atoms with Gasteiger partial charge in [0, 0.05) is 22.7 Å². The van der Waals surface area contributed by atoms with E-state index in [1.54, 1.807) is 24.3 Å². The second-order valence-electron chi connectivity index (χ2n) is 5.87. The predicted octanol–water partition coefficient (Wildman–Crippen LogP) is 3.76. The van der Waals surface area contributed by atoms with E-state index in [-0.39, 0.29) is 23.9 Å². The number of hydrogen-bond acceptors (Lipinski definition) is 2. The maximum Gasteiger partial charge on any atom is 0.251 e. The molecule has 0 spiro atoms. The zero-order valence-electron chi connectivity index (χ0n) is 12.7. The van der Waals surface area contributed by atoms with E-state index in [4.69, 9.17) is 11.6 Å². The molecule has 118 valence electrons. The first kappa shape index (κ1) is 18.3. The van der Waals surface area contributed by atoms with Gasteiger partial charge in [0.1, 0.15) is 0 Å². The number of benzene rings is 1. The number of amides is 1. The number of nitrogens with one attached hydrogen (secondary N) is 1. The minimum atomic E-state index is -0.0423. The molecule has 3 nitrogen and oxygen atoms in total. The summed E-state index contributed by atoms with van der Waals surface area (Å²) < 4.78 is 0. The maximum absolute atomic E-state index is 12.2. The first-order chi connectivity index (χ1) is 9.53. The van der Waals surface area contributed by atoms with Crippen molar-refractivity contribution in [3.63, 3.8) is 0 Å². The van der Waals surface area contributed by atoms with Crippen molar-refractivity contribution in [2.24, 2.45) is 0 Å². The Morgan fingerprint density at radius 2 is 1.95 bits per heavy atom. The highest BCUT2D eigenvalue weighted by atomic mass is 35.5. The molecule has 0 aliphatic heterocycles. The lowest BCUT2D eigenvalue weighted by Gasteiger charge is -2.43. The van der Waals surface area contributed by atoms with E-state index >= 15 is 0 Å². The van der Waals surface area contributed by atoms with E-state index < -0.39 is 0 Å². The lowest BCUT2D eigenvalue weighted by molar-refractivity contribution is 0.0799. The monoisotopic (exact) mass is 330 g/mol. The van der Waals surface area contributed by atoms with E-state index in [0.717, 1.165) is 12.8 Å². The van der Waals surface area contributed by atoms with Crippen molar-refractivity contribution in [2.45, 2.75) is 37.6 Å². The summed E-state index contributed by atoms with van der Waals surface area (Å²) in [6.45, 7) is 0.700. The molecular formula is C16H24Cl2N2O. The zero-order chi connectivity index (χ0) is 14.6. The fraction of sp³-hybridized carbons (Fsp3) is 0.562. The molecule has 0 radical (unpaired) electrons. The van der Waals surface area contributed by atoms with Crippen LogP contribution in [0, 0.1) is 0 Å². The van der Waals surface area contributed by atoms with Gasteiger partial charge in [-0.3, -0.25) is 4.79 Å². The van der Waals surface area contributed by atoms with Crippen molar-refractivity contribution in [3.05, 3.63) is 34.9 Å². The fourth-order valence-electron chi connectivity index (χ4n) is 2.97. The minimum absolute atomic E-state index is 0. The number of carbonyl (C=O) groups excluding carboxylic acids is 1. The summed E-state index contributed by atoms with van der Waals surface area (Å²) in [5.74, 6) is -0.0423. The number of nitrogens with zero attached hydrogens (tertiary/aromatic N) is 1. The van der Waals surface area contributed by atoms with Gasteiger partial charge < -0.3 is 10.2 Å². The number of hydrogen-bond donors (Lipinski definition) is 1. The highest BCUT2D eigenvalue weighted by molar-refractivity contribution is 6.30. The molecule has 1 aliphatic carbocycles. The SMILES string of the molecule is CN(C)C1(CNC(=O)c2cccc(Cl)c2)CCCCC1.Cl. The number of rotatable bonds is 4. The van der Waals surface area contributed by atoms with Gasteiger partial charge in [0.25, 0.3) is 5.91 Å². The van der Waals surface area contributed by atoms with Crippen LogP contribution in [0.5, 0.6) is 0 Å². The quantitative estimate of drug-likeness (QED) is 0.911. The van der Waals surface area contributed by atoms with Gasteiger partial charge in [-0.05, 0) is 45.1 Å². The molecule has 1 amide bonds. The molecule has 21 heavy (non-hydrogen) atoms. The fourth-order valence-corrected chi connectivity index (χ4v) is 3.16. The number of carbonyl (C=O) groups is 1. The third-order valence-corrected chi connectivity index (χ3v) is 4.63. The summed E-state index contributed by atoms with van der Waals surface area (Å²) in [7, 11) is 4.22. The molecule has 1 aromatic carbocycles. The van der Waals surface area contributed by atoms with Crippen LogP contribution < -0.4 is 5.32 Å². The lowest BCUT2D eigenvalue weighted by Crippen LogP contribution is -2.53. The molecule has 1 aliphatic rings. The van der Waals surface area contributed by atoms with Crippen LogP contribution in [-0.2, 0) is 0 Å². The van der Waals surface area contributed by atoms with Crippen molar-refractivity contribution >= 4 is 29.9 Å². The third kappa shape index (κ3) is 4.60. The van der Waals surface area contributed by atoms with Crippen molar-refractivity contribution < 1.29 is 4.79 Å². The maximum atomic E-state index is 12.2. The van der Waals surface area contributed by atoms with Crippen LogP contribution in [-0.4, -0.2) is 37.0 Å². The van der Waals surface area contributed by atoms with E-state index in [1.165, 1.54) is 19.3 Å². The summed E-state index contributed by atoms with van der Waals surface area (Å²) in [4.78, 5) is 14.5. The molecule has 5 heteroatoms. The van der Waals surface area contributed by atoms with Gasteiger partial charge in [-0.2, -0.15) is 0 Å². The van der Waals surface area contributed by atoms with Crippen molar-refractivity contribution in [3.8, 4) is 0 Å². The number of likely N-dealkylation sites (N-methyl/N-ethyl adjacent to an activating group) is 1. The normalized spacial score (nSPS) is 17.1. The Hall–Kier alpha value is -0.770. The molecule has 1 aromatic rings. The summed E-state index contributed by atoms with van der Waals surface area (Å²) in [5.41, 5.74) is 0.731. The molecule has 0 heterocycles. The highest BCUT2D eigenvalue weighted by Crippen LogP contribution is 2.31. The summed E-state index contributed by atoms with van der Waals surface area (Å²) in [5, 5.41) is 3.67. The Morgan fingerprint density at radius 3 is 2.52 bits per heavy atom. The Labute approximate surface area is 138 Å². The molecular weight excluding hydrogens is 307 g/mol. The van der Waals surface area contributed by atoms with Gasteiger partial charge >= 0.3 is 0 Å². The predicted molar refractivity (Wildman–Crippen MR) is 90.5 cm³/mol. The average molecular weight is 331 g/mol. The Bertz CT molecular complexity index is 471. The minimum Gasteiger partial charge on any atom is -0.350 e. The Balaban J connectivity index is 0.00000220. The van der Waals surface area contributed by atoms with Crippen LogP contribution >= 0.6 is 24.0 Å². The molecule has 2 rings (SSSR count). The number of halogens is 2. The molecule has 1 N–H and O–H groups in total. The molecule has 0 atom stereocenters. The van der Waals surface area contributed by atoms with E-state index in [1.807, 2.05) is 0 Å². The van der Waals surface area contributed by atoms with E-state index in [2.05, 4.69) is 24.3 Å². The second kappa shape index (κ2) is 8.02. The van der Waals surface area contributed by atoms with Crippen LogP contribution in [0.4, 0.5) is 0 Å². The molecule has 0 aromatic heterocycles. The van der Waals surface area contributed by atoms with Gasteiger partial charge in [-0.1, -0.05) is 36.9 Å².